The van der Waals surface area contributed by atoms with Crippen LogP contribution in [-0.4, -0.2) is 61.0 Å². The number of carbonyl (C=O) groups excluding carboxylic acids is 1. The Labute approximate surface area is 233 Å². The summed E-state index contributed by atoms with van der Waals surface area (Å²) in [4.78, 5) is 36.8. The molecule has 1 fully saturated rings. The lowest BCUT2D eigenvalue weighted by Gasteiger charge is -2.26. The summed E-state index contributed by atoms with van der Waals surface area (Å²) in [7, 11) is 4.80. The second-order valence-corrected chi connectivity index (χ2v) is 10.2. The fraction of sp³-hybridized carbons (Fsp3) is 0.357. The van der Waals surface area contributed by atoms with E-state index in [1.54, 1.807) is 24.1 Å². The number of fused-ring (bicyclic) bond motifs is 1. The van der Waals surface area contributed by atoms with Crippen LogP contribution < -0.4 is 10.1 Å². The van der Waals surface area contributed by atoms with Crippen molar-refractivity contribution in [2.75, 3.05) is 26.0 Å². The Hall–Kier alpha value is -4.55. The van der Waals surface area contributed by atoms with Gasteiger partial charge in [-0.05, 0) is 24.8 Å². The number of carbonyl (C=O) groups is 1. The molecule has 0 radical (unpaired) electrons. The Bertz CT molecular complexity index is 1630. The third kappa shape index (κ3) is 5.07. The van der Waals surface area contributed by atoms with Crippen molar-refractivity contribution >= 4 is 11.7 Å². The van der Waals surface area contributed by atoms with E-state index in [1.165, 1.54) is 25.1 Å². The number of imidazole rings is 1. The van der Waals surface area contributed by atoms with Crippen LogP contribution in [0.3, 0.4) is 0 Å². The highest BCUT2D eigenvalue weighted by molar-refractivity contribution is 5.96. The quantitative estimate of drug-likeness (QED) is 0.350. The van der Waals surface area contributed by atoms with E-state index in [-0.39, 0.29) is 17.6 Å². The monoisotopic (exact) mass is 564 g/mol. The molecule has 4 aromatic rings. The standard InChI is InChI=1S/C28H27F3N8O2/c1-38-11-10-18-22(27(38)40)36-24(20-21(16-8-9-16)33-14-34-26(20)41-3)37-23(18)32-12-15-4-6-17(7-5-15)25-35-19(13-39(25)2)28(29,30)31/h4-7,13-14,16H,8-12H2,1-3H3,(H,32,36,37). The molecule has 4 heterocycles. The minimum absolute atomic E-state index is 0.195. The lowest BCUT2D eigenvalue weighted by Crippen LogP contribution is -2.36. The van der Waals surface area contributed by atoms with Crippen molar-refractivity contribution in [3.05, 3.63) is 65.0 Å². The molecule has 10 nitrogen and oxygen atoms in total. The first kappa shape index (κ1) is 26.7. The number of rotatable bonds is 7. The Morgan fingerprint density at radius 3 is 2.49 bits per heavy atom. The number of hydrogen-bond acceptors (Lipinski definition) is 8. The molecule has 1 aromatic carbocycles. The molecule has 212 valence electrons. The van der Waals surface area contributed by atoms with Crippen molar-refractivity contribution in [1.29, 1.82) is 0 Å². The van der Waals surface area contributed by atoms with Crippen LogP contribution in [0.2, 0.25) is 0 Å². The largest absolute Gasteiger partial charge is 0.480 e. The minimum atomic E-state index is -4.51. The molecule has 1 saturated carbocycles. The van der Waals surface area contributed by atoms with Crippen molar-refractivity contribution in [3.63, 3.8) is 0 Å². The Morgan fingerprint density at radius 2 is 1.83 bits per heavy atom. The molecule has 2 aliphatic rings. The van der Waals surface area contributed by atoms with Crippen LogP contribution in [0.5, 0.6) is 5.88 Å². The van der Waals surface area contributed by atoms with E-state index >= 15 is 0 Å². The third-order valence-corrected chi connectivity index (χ3v) is 7.32. The predicted molar refractivity (Wildman–Crippen MR) is 143 cm³/mol. The molecule has 13 heteroatoms. The molecule has 0 saturated heterocycles. The summed E-state index contributed by atoms with van der Waals surface area (Å²) in [6, 6.07) is 7.09. The summed E-state index contributed by atoms with van der Waals surface area (Å²) in [5, 5.41) is 3.36. The van der Waals surface area contributed by atoms with E-state index in [2.05, 4.69) is 20.3 Å². The van der Waals surface area contributed by atoms with Crippen molar-refractivity contribution in [1.82, 2.24) is 34.4 Å². The summed E-state index contributed by atoms with van der Waals surface area (Å²) in [5.74, 6) is 1.49. The summed E-state index contributed by atoms with van der Waals surface area (Å²) in [5.41, 5.74) is 2.93. The molecule has 0 spiro atoms. The molecule has 1 N–H and O–H groups in total. The second kappa shape index (κ2) is 10.1. The third-order valence-electron chi connectivity index (χ3n) is 7.32. The number of amides is 1. The van der Waals surface area contributed by atoms with Gasteiger partial charge < -0.3 is 19.5 Å². The van der Waals surface area contributed by atoms with Gasteiger partial charge in [-0.1, -0.05) is 24.3 Å². The maximum atomic E-state index is 13.1. The van der Waals surface area contributed by atoms with Gasteiger partial charge in [-0.3, -0.25) is 4.79 Å². The van der Waals surface area contributed by atoms with E-state index in [1.807, 2.05) is 12.1 Å². The molecule has 6 rings (SSSR count). The zero-order chi connectivity index (χ0) is 28.9. The molecule has 41 heavy (non-hydrogen) atoms. The average Bonchev–Trinajstić information content (AvgIpc) is 3.73. The number of halogens is 3. The van der Waals surface area contributed by atoms with Crippen LogP contribution in [-0.2, 0) is 26.2 Å². The first-order valence-corrected chi connectivity index (χ1v) is 13.1. The molecule has 3 aromatic heterocycles. The number of benzene rings is 1. The first-order valence-electron chi connectivity index (χ1n) is 13.1. The van der Waals surface area contributed by atoms with E-state index in [0.717, 1.165) is 35.9 Å². The van der Waals surface area contributed by atoms with Crippen molar-refractivity contribution < 1.29 is 22.7 Å². The number of hydrogen-bond donors (Lipinski definition) is 1. The summed E-state index contributed by atoms with van der Waals surface area (Å²) in [6.45, 7) is 0.895. The van der Waals surface area contributed by atoms with E-state index in [0.29, 0.717) is 53.9 Å². The van der Waals surface area contributed by atoms with Gasteiger partial charge in [-0.15, -0.1) is 0 Å². The Balaban J connectivity index is 1.32. The average molecular weight is 565 g/mol. The van der Waals surface area contributed by atoms with Crippen molar-refractivity contribution in [2.24, 2.45) is 7.05 Å². The SMILES string of the molecule is COc1ncnc(C2CC2)c1-c1nc(NCc2ccc(-c3nc(C(F)(F)F)cn3C)cc2)c2c(n1)C(=O)N(C)CC2. The predicted octanol–water partition coefficient (Wildman–Crippen LogP) is 4.48. The number of nitrogens with one attached hydrogen (secondary N) is 1. The van der Waals surface area contributed by atoms with Crippen molar-refractivity contribution in [2.45, 2.75) is 37.9 Å². The van der Waals surface area contributed by atoms with Gasteiger partial charge in [-0.2, -0.15) is 13.2 Å². The Morgan fingerprint density at radius 1 is 1.07 bits per heavy atom. The van der Waals surface area contributed by atoms with Gasteiger partial charge in [0.1, 0.15) is 29.2 Å². The maximum Gasteiger partial charge on any atom is 0.434 e. The number of anilines is 1. The first-order chi connectivity index (χ1) is 19.6. The summed E-state index contributed by atoms with van der Waals surface area (Å²) < 4.78 is 46.2. The molecule has 1 aliphatic heterocycles. The van der Waals surface area contributed by atoms with Crippen molar-refractivity contribution in [3.8, 4) is 28.7 Å². The normalized spacial score (nSPS) is 15.2. The number of methoxy groups -OCH3 is 1. The number of nitrogens with zero attached hydrogens (tertiary/aromatic N) is 7. The molecular weight excluding hydrogens is 537 g/mol. The number of aryl methyl sites for hydroxylation is 1. The van der Waals surface area contributed by atoms with E-state index < -0.39 is 11.9 Å². The highest BCUT2D eigenvalue weighted by Gasteiger charge is 2.35. The fourth-order valence-electron chi connectivity index (χ4n) is 4.96. The van der Waals surface area contributed by atoms with Crippen LogP contribution >= 0.6 is 0 Å². The van der Waals surface area contributed by atoms with Crippen LogP contribution in [0.1, 0.15) is 51.8 Å². The maximum absolute atomic E-state index is 13.1. The van der Waals surface area contributed by atoms with E-state index in [9.17, 15) is 18.0 Å². The Kier molecular flexibility index (Phi) is 6.59. The number of alkyl halides is 3. The molecule has 1 aliphatic carbocycles. The molecule has 0 unspecified atom stereocenters. The van der Waals surface area contributed by atoms with Crippen LogP contribution in [0.15, 0.2) is 36.8 Å². The summed E-state index contributed by atoms with van der Waals surface area (Å²) in [6.07, 6.45) is 0.498. The molecule has 0 bridgehead atoms. The fourth-order valence-corrected chi connectivity index (χ4v) is 4.96. The highest BCUT2D eigenvalue weighted by atomic mass is 19.4. The van der Waals surface area contributed by atoms with Crippen LogP contribution in [0.4, 0.5) is 19.0 Å². The van der Waals surface area contributed by atoms with Crippen LogP contribution in [0.25, 0.3) is 22.8 Å². The molecular formula is C28H27F3N8O2. The highest BCUT2D eigenvalue weighted by Crippen LogP contribution is 2.45. The molecule has 1 amide bonds. The van der Waals surface area contributed by atoms with Gasteiger partial charge in [0.15, 0.2) is 11.5 Å². The van der Waals surface area contributed by atoms with Gasteiger partial charge in [0, 0.05) is 50.4 Å². The lowest BCUT2D eigenvalue weighted by molar-refractivity contribution is -0.140. The smallest absolute Gasteiger partial charge is 0.434 e. The van der Waals surface area contributed by atoms with Gasteiger partial charge >= 0.3 is 6.18 Å². The van der Waals surface area contributed by atoms with Gasteiger partial charge in [0.2, 0.25) is 5.88 Å². The second-order valence-electron chi connectivity index (χ2n) is 10.2. The lowest BCUT2D eigenvalue weighted by atomic mass is 10.0. The topological polar surface area (TPSA) is 111 Å². The number of ether oxygens (including phenoxy) is 1. The zero-order valence-corrected chi connectivity index (χ0v) is 22.7. The molecule has 0 atom stereocenters. The van der Waals surface area contributed by atoms with Crippen LogP contribution in [0, 0.1) is 0 Å². The zero-order valence-electron chi connectivity index (χ0n) is 22.7. The number of likely N-dealkylation sites (N-methyl/N-ethyl adjacent to an activating group) is 1. The van der Waals surface area contributed by atoms with E-state index in [4.69, 9.17) is 14.7 Å². The summed E-state index contributed by atoms with van der Waals surface area (Å²) >= 11 is 0. The van der Waals surface area contributed by atoms with Gasteiger partial charge in [-0.25, -0.2) is 24.9 Å². The van der Waals surface area contributed by atoms with Gasteiger partial charge in [0.25, 0.3) is 5.91 Å². The van der Waals surface area contributed by atoms with Gasteiger partial charge in [0.05, 0.1) is 12.8 Å². The number of aromatic nitrogens is 6. The minimum Gasteiger partial charge on any atom is -0.480 e.